The van der Waals surface area contributed by atoms with Gasteiger partial charge < -0.3 is 18.9 Å². The van der Waals surface area contributed by atoms with Crippen LogP contribution >= 0.6 is 0 Å². The van der Waals surface area contributed by atoms with Gasteiger partial charge in [0.15, 0.2) is 11.4 Å². The van der Waals surface area contributed by atoms with Crippen LogP contribution in [0.2, 0.25) is 0 Å². The molecule has 0 saturated carbocycles. The highest BCUT2D eigenvalue weighted by Gasteiger charge is 2.47. The van der Waals surface area contributed by atoms with Crippen LogP contribution in [-0.2, 0) is 24.3 Å². The Bertz CT molecular complexity index is 914. The van der Waals surface area contributed by atoms with Crippen molar-refractivity contribution in [1.29, 1.82) is 0 Å². The molecule has 2 aliphatic rings. The number of hydrogen-bond donors (Lipinski definition) is 0. The third-order valence-corrected chi connectivity index (χ3v) is 5.70. The van der Waals surface area contributed by atoms with E-state index in [1.54, 1.807) is 18.0 Å². The molecular weight excluding hydrogens is 344 g/mol. The zero-order chi connectivity index (χ0) is 19.0. The lowest BCUT2D eigenvalue weighted by atomic mass is 9.92. The van der Waals surface area contributed by atoms with Gasteiger partial charge in [0.2, 0.25) is 5.43 Å². The van der Waals surface area contributed by atoms with E-state index in [1.165, 1.54) is 0 Å². The first-order valence-corrected chi connectivity index (χ1v) is 9.35. The van der Waals surface area contributed by atoms with Gasteiger partial charge in [0.25, 0.3) is 5.91 Å². The molecule has 1 spiro atoms. The van der Waals surface area contributed by atoms with E-state index in [0.717, 1.165) is 17.7 Å². The Morgan fingerprint density at radius 3 is 2.67 bits per heavy atom. The molecule has 1 amide bonds. The first-order valence-electron chi connectivity index (χ1n) is 9.35. The van der Waals surface area contributed by atoms with Crippen LogP contribution in [0.3, 0.4) is 0 Å². The number of nitrogens with zero attached hydrogens (tertiary/aromatic N) is 2. The number of pyridine rings is 1. The monoisotopic (exact) mass is 368 g/mol. The van der Waals surface area contributed by atoms with Gasteiger partial charge in [-0.05, 0) is 18.4 Å². The van der Waals surface area contributed by atoms with Crippen LogP contribution < -0.4 is 10.2 Å². The third-order valence-electron chi connectivity index (χ3n) is 5.70. The number of likely N-dealkylation sites (N-methyl/N-ethyl adjacent to an activating group) is 1. The Labute approximate surface area is 158 Å². The minimum Gasteiger partial charge on any atom is -0.483 e. The van der Waals surface area contributed by atoms with Crippen molar-refractivity contribution in [3.05, 3.63) is 63.6 Å². The average Bonchev–Trinajstić information content (AvgIpc) is 3.15. The van der Waals surface area contributed by atoms with Crippen LogP contribution in [-0.4, -0.2) is 41.2 Å². The number of carbonyl (C=O) groups is 1. The SMILES string of the molecule is CCc1cc(=O)c(OCc2ccccc2)c2n1CC1(CCOC1)N(C)C2=O. The number of benzene rings is 1. The summed E-state index contributed by atoms with van der Waals surface area (Å²) in [7, 11) is 1.80. The molecule has 142 valence electrons. The quantitative estimate of drug-likeness (QED) is 0.830. The predicted molar refractivity (Wildman–Crippen MR) is 101 cm³/mol. The Kier molecular flexibility index (Phi) is 4.52. The van der Waals surface area contributed by atoms with Crippen LogP contribution in [0.1, 0.15) is 35.1 Å². The summed E-state index contributed by atoms with van der Waals surface area (Å²) in [6.45, 7) is 4.03. The molecule has 1 unspecified atom stereocenters. The number of aryl methyl sites for hydroxylation is 1. The molecule has 2 aliphatic heterocycles. The molecule has 3 heterocycles. The molecule has 6 nitrogen and oxygen atoms in total. The maximum Gasteiger partial charge on any atom is 0.274 e. The van der Waals surface area contributed by atoms with Crippen LogP contribution in [0.5, 0.6) is 5.75 Å². The van der Waals surface area contributed by atoms with Gasteiger partial charge in [-0.25, -0.2) is 0 Å². The summed E-state index contributed by atoms with van der Waals surface area (Å²) in [5, 5.41) is 0. The van der Waals surface area contributed by atoms with Crippen LogP contribution in [0.15, 0.2) is 41.2 Å². The summed E-state index contributed by atoms with van der Waals surface area (Å²) < 4.78 is 13.5. The molecule has 0 aliphatic carbocycles. The number of rotatable bonds is 4. The van der Waals surface area contributed by atoms with Gasteiger partial charge in [-0.1, -0.05) is 37.3 Å². The topological polar surface area (TPSA) is 60.8 Å². The van der Waals surface area contributed by atoms with Gasteiger partial charge in [-0.15, -0.1) is 0 Å². The molecule has 1 saturated heterocycles. The number of fused-ring (bicyclic) bond motifs is 1. The van der Waals surface area contributed by atoms with E-state index in [9.17, 15) is 9.59 Å². The van der Waals surface area contributed by atoms with Crippen molar-refractivity contribution in [2.24, 2.45) is 0 Å². The lowest BCUT2D eigenvalue weighted by Crippen LogP contribution is -2.58. The van der Waals surface area contributed by atoms with Gasteiger partial charge >= 0.3 is 0 Å². The number of amides is 1. The molecule has 0 radical (unpaired) electrons. The van der Waals surface area contributed by atoms with Crippen LogP contribution in [0.4, 0.5) is 0 Å². The third kappa shape index (κ3) is 2.94. The summed E-state index contributed by atoms with van der Waals surface area (Å²) in [4.78, 5) is 27.7. The van der Waals surface area contributed by atoms with E-state index in [2.05, 4.69) is 0 Å². The molecule has 1 atom stereocenters. The highest BCUT2D eigenvalue weighted by molar-refractivity contribution is 5.96. The number of hydrogen-bond acceptors (Lipinski definition) is 4. The van der Waals surface area contributed by atoms with E-state index < -0.39 is 0 Å². The average molecular weight is 368 g/mol. The molecule has 0 bridgehead atoms. The van der Waals surface area contributed by atoms with Crippen LogP contribution in [0, 0.1) is 0 Å². The zero-order valence-corrected chi connectivity index (χ0v) is 15.7. The highest BCUT2D eigenvalue weighted by Crippen LogP contribution is 2.35. The van der Waals surface area contributed by atoms with Crippen molar-refractivity contribution in [1.82, 2.24) is 9.47 Å². The van der Waals surface area contributed by atoms with Crippen molar-refractivity contribution in [3.8, 4) is 5.75 Å². The first-order chi connectivity index (χ1) is 13.1. The summed E-state index contributed by atoms with van der Waals surface area (Å²) in [6, 6.07) is 11.2. The maximum absolute atomic E-state index is 13.3. The highest BCUT2D eigenvalue weighted by atomic mass is 16.5. The van der Waals surface area contributed by atoms with E-state index in [-0.39, 0.29) is 29.2 Å². The second kappa shape index (κ2) is 6.85. The molecule has 6 heteroatoms. The summed E-state index contributed by atoms with van der Waals surface area (Å²) in [6.07, 6.45) is 1.47. The van der Waals surface area contributed by atoms with Gasteiger partial charge in [0.1, 0.15) is 6.61 Å². The van der Waals surface area contributed by atoms with Gasteiger partial charge in [0.05, 0.1) is 12.1 Å². The first kappa shape index (κ1) is 17.8. The fourth-order valence-electron chi connectivity index (χ4n) is 3.99. The number of aromatic nitrogens is 1. The molecular formula is C21H24N2O4. The predicted octanol–water partition coefficient (Wildman–Crippen LogP) is 2.23. The Morgan fingerprint density at radius 1 is 1.22 bits per heavy atom. The molecule has 27 heavy (non-hydrogen) atoms. The minimum atomic E-state index is -0.347. The normalized spacial score (nSPS) is 21.6. The standard InChI is InChI=1S/C21H24N2O4/c1-3-16-11-17(24)19(27-12-15-7-5-4-6-8-15)18-20(25)22(2)21(13-23(16)18)9-10-26-14-21/h4-8,11H,3,9-10,12-14H2,1-2H3. The molecule has 4 rings (SSSR count). The zero-order valence-electron chi connectivity index (χ0n) is 15.7. The fraction of sp³-hybridized carbons (Fsp3) is 0.429. The van der Waals surface area contributed by atoms with Gasteiger partial charge in [-0.2, -0.15) is 0 Å². The van der Waals surface area contributed by atoms with Crippen molar-refractivity contribution in [2.45, 2.75) is 38.5 Å². The second-order valence-electron chi connectivity index (χ2n) is 7.28. The number of ether oxygens (including phenoxy) is 2. The Balaban J connectivity index is 1.78. The van der Waals surface area contributed by atoms with Crippen molar-refractivity contribution in [3.63, 3.8) is 0 Å². The summed E-state index contributed by atoms with van der Waals surface area (Å²) >= 11 is 0. The largest absolute Gasteiger partial charge is 0.483 e. The lowest BCUT2D eigenvalue weighted by Gasteiger charge is -2.44. The van der Waals surface area contributed by atoms with Crippen molar-refractivity contribution in [2.75, 3.05) is 20.3 Å². The van der Waals surface area contributed by atoms with E-state index in [0.29, 0.717) is 31.9 Å². The molecule has 0 N–H and O–H groups in total. The smallest absolute Gasteiger partial charge is 0.274 e. The van der Waals surface area contributed by atoms with Crippen molar-refractivity contribution < 1.29 is 14.3 Å². The van der Waals surface area contributed by atoms with Crippen LogP contribution in [0.25, 0.3) is 0 Å². The number of carbonyl (C=O) groups excluding carboxylic acids is 1. The fourth-order valence-corrected chi connectivity index (χ4v) is 3.99. The molecule has 2 aromatic rings. The molecule has 1 aromatic heterocycles. The Morgan fingerprint density at radius 2 is 2.00 bits per heavy atom. The minimum absolute atomic E-state index is 0.140. The molecule has 1 aromatic carbocycles. The van der Waals surface area contributed by atoms with E-state index in [1.807, 2.05) is 41.8 Å². The van der Waals surface area contributed by atoms with E-state index >= 15 is 0 Å². The van der Waals surface area contributed by atoms with Gasteiger partial charge in [-0.3, -0.25) is 9.59 Å². The Hall–Kier alpha value is -2.60. The van der Waals surface area contributed by atoms with Crippen molar-refractivity contribution >= 4 is 5.91 Å². The summed E-state index contributed by atoms with van der Waals surface area (Å²) in [5.41, 5.74) is 1.58. The van der Waals surface area contributed by atoms with E-state index in [4.69, 9.17) is 9.47 Å². The van der Waals surface area contributed by atoms with Gasteiger partial charge in [0, 0.05) is 32.0 Å². The lowest BCUT2D eigenvalue weighted by molar-refractivity contribution is 0.0337. The second-order valence-corrected chi connectivity index (χ2v) is 7.28. The molecule has 1 fully saturated rings. The maximum atomic E-state index is 13.3. The summed E-state index contributed by atoms with van der Waals surface area (Å²) in [5.74, 6) is -0.0381.